The zero-order chi connectivity index (χ0) is 11.5. The summed E-state index contributed by atoms with van der Waals surface area (Å²) in [5.74, 6) is 0.916. The monoisotopic (exact) mass is 218 g/mol. The van der Waals surface area contributed by atoms with Crippen molar-refractivity contribution < 1.29 is 0 Å². The van der Waals surface area contributed by atoms with Gasteiger partial charge in [0.05, 0.1) is 11.9 Å². The molecule has 1 aromatic heterocycles. The summed E-state index contributed by atoms with van der Waals surface area (Å²) in [6, 6.07) is 2.80. The third-order valence-corrected chi connectivity index (χ3v) is 3.92. The Balaban J connectivity index is 2.07. The molecule has 0 atom stereocenters. The average molecular weight is 218 g/mol. The number of hydrogen-bond donors (Lipinski definition) is 0. The molecule has 0 amide bonds. The molecular formula is C14H22N2. The maximum Gasteiger partial charge on any atom is 0.0582 e. The molecule has 1 aliphatic carbocycles. The first-order chi connectivity index (χ1) is 7.68. The number of pyridine rings is 1. The first-order valence-corrected chi connectivity index (χ1v) is 6.32. The summed E-state index contributed by atoms with van der Waals surface area (Å²) in [5, 5.41) is 0. The van der Waals surface area contributed by atoms with Crippen molar-refractivity contribution in [3.8, 4) is 0 Å². The minimum absolute atomic E-state index is 0.707. The van der Waals surface area contributed by atoms with Gasteiger partial charge < -0.3 is 4.90 Å². The zero-order valence-electron chi connectivity index (χ0n) is 10.6. The number of rotatable bonds is 2. The van der Waals surface area contributed by atoms with Crippen LogP contribution in [0, 0.1) is 12.8 Å². The Bertz CT molecular complexity index is 340. The van der Waals surface area contributed by atoms with E-state index in [0.29, 0.717) is 6.04 Å². The summed E-state index contributed by atoms with van der Waals surface area (Å²) in [4.78, 5) is 6.66. The molecule has 0 aliphatic heterocycles. The van der Waals surface area contributed by atoms with Crippen molar-refractivity contribution in [2.45, 2.75) is 45.6 Å². The number of nitrogens with zero attached hydrogens (tertiary/aromatic N) is 2. The lowest BCUT2D eigenvalue weighted by molar-refractivity contribution is 0.340. The molecule has 0 N–H and O–H groups in total. The Morgan fingerprint density at radius 1 is 1.25 bits per heavy atom. The van der Waals surface area contributed by atoms with Crippen molar-refractivity contribution in [1.82, 2.24) is 4.98 Å². The van der Waals surface area contributed by atoms with Gasteiger partial charge in [-0.05, 0) is 50.2 Å². The highest BCUT2D eigenvalue weighted by Crippen LogP contribution is 2.30. The van der Waals surface area contributed by atoms with Crippen LogP contribution in [0.5, 0.6) is 0 Å². The minimum atomic E-state index is 0.707. The SMILES string of the molecule is Cc1ccncc1N(C)C1CCC(C)CC1. The number of aryl methyl sites for hydroxylation is 1. The second kappa shape index (κ2) is 4.86. The number of anilines is 1. The molecule has 0 radical (unpaired) electrons. The fourth-order valence-electron chi connectivity index (χ4n) is 2.65. The third-order valence-electron chi connectivity index (χ3n) is 3.92. The van der Waals surface area contributed by atoms with Crippen molar-refractivity contribution in [2.75, 3.05) is 11.9 Å². The fourth-order valence-corrected chi connectivity index (χ4v) is 2.65. The van der Waals surface area contributed by atoms with Crippen molar-refractivity contribution in [3.05, 3.63) is 24.0 Å². The van der Waals surface area contributed by atoms with E-state index in [-0.39, 0.29) is 0 Å². The highest BCUT2D eigenvalue weighted by molar-refractivity contribution is 5.51. The van der Waals surface area contributed by atoms with Gasteiger partial charge in [-0.3, -0.25) is 4.98 Å². The minimum Gasteiger partial charge on any atom is -0.370 e. The van der Waals surface area contributed by atoms with Crippen molar-refractivity contribution >= 4 is 5.69 Å². The molecule has 1 aromatic rings. The van der Waals surface area contributed by atoms with Crippen LogP contribution in [0.2, 0.25) is 0 Å². The van der Waals surface area contributed by atoms with Crippen LogP contribution in [0.3, 0.4) is 0 Å². The van der Waals surface area contributed by atoms with Crippen LogP contribution in [-0.2, 0) is 0 Å². The molecule has 0 bridgehead atoms. The van der Waals surface area contributed by atoms with Gasteiger partial charge in [0.15, 0.2) is 0 Å². The Morgan fingerprint density at radius 3 is 2.56 bits per heavy atom. The third kappa shape index (κ3) is 2.37. The lowest BCUT2D eigenvalue weighted by Gasteiger charge is -2.35. The van der Waals surface area contributed by atoms with E-state index in [1.807, 2.05) is 12.4 Å². The van der Waals surface area contributed by atoms with E-state index in [4.69, 9.17) is 0 Å². The second-order valence-electron chi connectivity index (χ2n) is 5.19. The molecule has 16 heavy (non-hydrogen) atoms. The van der Waals surface area contributed by atoms with Gasteiger partial charge in [-0.25, -0.2) is 0 Å². The molecule has 88 valence electrons. The highest BCUT2D eigenvalue weighted by atomic mass is 15.1. The van der Waals surface area contributed by atoms with E-state index in [1.165, 1.54) is 36.9 Å². The first kappa shape index (κ1) is 11.4. The molecule has 1 aliphatic rings. The lowest BCUT2D eigenvalue weighted by Crippen LogP contribution is -2.35. The van der Waals surface area contributed by atoms with Gasteiger partial charge in [-0.1, -0.05) is 6.92 Å². The van der Waals surface area contributed by atoms with E-state index in [1.54, 1.807) is 0 Å². The Morgan fingerprint density at radius 2 is 1.94 bits per heavy atom. The van der Waals surface area contributed by atoms with E-state index in [0.717, 1.165) is 5.92 Å². The average Bonchev–Trinajstić information content (AvgIpc) is 2.30. The van der Waals surface area contributed by atoms with Crippen LogP contribution < -0.4 is 4.90 Å². The molecule has 0 saturated heterocycles. The summed E-state index contributed by atoms with van der Waals surface area (Å²) in [6.45, 7) is 4.53. The molecule has 2 nitrogen and oxygen atoms in total. The van der Waals surface area contributed by atoms with Gasteiger partial charge in [-0.15, -0.1) is 0 Å². The maximum absolute atomic E-state index is 4.23. The van der Waals surface area contributed by atoms with Crippen molar-refractivity contribution in [2.24, 2.45) is 5.92 Å². The molecular weight excluding hydrogens is 196 g/mol. The second-order valence-corrected chi connectivity index (χ2v) is 5.19. The van der Waals surface area contributed by atoms with E-state index >= 15 is 0 Å². The summed E-state index contributed by atoms with van der Waals surface area (Å²) in [6.07, 6.45) is 9.25. The molecule has 1 fully saturated rings. The van der Waals surface area contributed by atoms with Crippen LogP contribution in [0.15, 0.2) is 18.5 Å². The molecule has 0 spiro atoms. The standard InChI is InChI=1S/C14H22N2/c1-11-4-6-13(7-5-11)16(3)14-10-15-9-8-12(14)2/h8-11,13H,4-7H2,1-3H3. The van der Waals surface area contributed by atoms with Gasteiger partial charge in [0.2, 0.25) is 0 Å². The lowest BCUT2D eigenvalue weighted by atomic mass is 9.86. The largest absolute Gasteiger partial charge is 0.370 e. The first-order valence-electron chi connectivity index (χ1n) is 6.32. The molecule has 2 heteroatoms. The smallest absolute Gasteiger partial charge is 0.0582 e. The maximum atomic E-state index is 4.23. The van der Waals surface area contributed by atoms with E-state index in [9.17, 15) is 0 Å². The normalized spacial score (nSPS) is 25.4. The summed E-state index contributed by atoms with van der Waals surface area (Å²) < 4.78 is 0. The van der Waals surface area contributed by atoms with Gasteiger partial charge in [0, 0.05) is 19.3 Å². The topological polar surface area (TPSA) is 16.1 Å². The van der Waals surface area contributed by atoms with E-state index in [2.05, 4.69) is 36.8 Å². The number of hydrogen-bond acceptors (Lipinski definition) is 2. The summed E-state index contributed by atoms with van der Waals surface area (Å²) in [7, 11) is 2.21. The van der Waals surface area contributed by atoms with Gasteiger partial charge >= 0.3 is 0 Å². The quantitative estimate of drug-likeness (QED) is 0.756. The molecule has 2 rings (SSSR count). The molecule has 1 heterocycles. The Labute approximate surface area is 98.7 Å². The zero-order valence-corrected chi connectivity index (χ0v) is 10.6. The summed E-state index contributed by atoms with van der Waals surface area (Å²) >= 11 is 0. The Hall–Kier alpha value is -1.05. The molecule has 0 aromatic carbocycles. The van der Waals surface area contributed by atoms with Crippen molar-refractivity contribution in [1.29, 1.82) is 0 Å². The van der Waals surface area contributed by atoms with Crippen LogP contribution in [0.1, 0.15) is 38.2 Å². The van der Waals surface area contributed by atoms with Crippen LogP contribution in [-0.4, -0.2) is 18.1 Å². The van der Waals surface area contributed by atoms with Crippen LogP contribution in [0.4, 0.5) is 5.69 Å². The van der Waals surface area contributed by atoms with Gasteiger partial charge in [-0.2, -0.15) is 0 Å². The summed E-state index contributed by atoms with van der Waals surface area (Å²) in [5.41, 5.74) is 2.62. The van der Waals surface area contributed by atoms with Crippen molar-refractivity contribution in [3.63, 3.8) is 0 Å². The van der Waals surface area contributed by atoms with Crippen LogP contribution >= 0.6 is 0 Å². The number of aromatic nitrogens is 1. The Kier molecular flexibility index (Phi) is 3.47. The van der Waals surface area contributed by atoms with E-state index < -0.39 is 0 Å². The highest BCUT2D eigenvalue weighted by Gasteiger charge is 2.22. The van der Waals surface area contributed by atoms with Gasteiger partial charge in [0.25, 0.3) is 0 Å². The van der Waals surface area contributed by atoms with Crippen LogP contribution in [0.25, 0.3) is 0 Å². The fraction of sp³-hybridized carbons (Fsp3) is 0.643. The van der Waals surface area contributed by atoms with Gasteiger partial charge in [0.1, 0.15) is 0 Å². The predicted molar refractivity (Wildman–Crippen MR) is 68.8 cm³/mol. The molecule has 1 saturated carbocycles. The predicted octanol–water partition coefficient (Wildman–Crippen LogP) is 3.40. The molecule has 0 unspecified atom stereocenters.